The first-order valence-electron chi connectivity index (χ1n) is 7.97. The van der Waals surface area contributed by atoms with Crippen molar-refractivity contribution in [2.45, 2.75) is 39.0 Å². The first-order chi connectivity index (χ1) is 11.1. The van der Waals surface area contributed by atoms with Crippen LogP contribution in [-0.4, -0.2) is 25.4 Å². The number of methoxy groups -OCH3 is 1. The summed E-state index contributed by atoms with van der Waals surface area (Å²) in [4.78, 5) is 11.5. The van der Waals surface area contributed by atoms with Crippen molar-refractivity contribution in [1.82, 2.24) is 0 Å². The van der Waals surface area contributed by atoms with Gasteiger partial charge < -0.3 is 9.47 Å². The summed E-state index contributed by atoms with van der Waals surface area (Å²) >= 11 is 4.34. The van der Waals surface area contributed by atoms with Gasteiger partial charge in [-0.25, -0.2) is 0 Å². The molecule has 4 heteroatoms. The molecule has 0 spiro atoms. The monoisotopic (exact) mass is 334 g/mol. The molecule has 1 aromatic rings. The molecule has 0 aliphatic carbocycles. The van der Waals surface area contributed by atoms with E-state index < -0.39 is 0 Å². The molecule has 0 aromatic heterocycles. The zero-order chi connectivity index (χ0) is 17.1. The molecule has 1 aromatic carbocycles. The number of benzene rings is 1. The fourth-order valence-electron chi connectivity index (χ4n) is 2.24. The molecule has 1 rings (SSSR count). The highest BCUT2D eigenvalue weighted by Crippen LogP contribution is 2.23. The highest BCUT2D eigenvalue weighted by atomic mass is 32.1. The van der Waals surface area contributed by atoms with Crippen LogP contribution in [-0.2, 0) is 9.53 Å². The third kappa shape index (κ3) is 7.00. The van der Waals surface area contributed by atoms with Gasteiger partial charge in [-0.2, -0.15) is 12.6 Å². The summed E-state index contributed by atoms with van der Waals surface area (Å²) in [5, 5.41) is 0. The number of hydrogen-bond donors (Lipinski definition) is 1. The summed E-state index contributed by atoms with van der Waals surface area (Å²) < 4.78 is 10.5. The fourth-order valence-corrected chi connectivity index (χ4v) is 2.68. The topological polar surface area (TPSA) is 35.5 Å². The van der Waals surface area contributed by atoms with E-state index in [0.29, 0.717) is 12.5 Å². The van der Waals surface area contributed by atoms with Crippen LogP contribution >= 0.6 is 12.6 Å². The van der Waals surface area contributed by atoms with Crippen LogP contribution in [0.4, 0.5) is 0 Å². The van der Waals surface area contributed by atoms with E-state index in [1.807, 2.05) is 24.3 Å². The normalized spacial score (nSPS) is 12.7. The van der Waals surface area contributed by atoms with Crippen molar-refractivity contribution in [2.75, 3.05) is 19.5 Å². The van der Waals surface area contributed by atoms with Gasteiger partial charge in [0.05, 0.1) is 26.1 Å². The molecule has 2 atom stereocenters. The summed E-state index contributed by atoms with van der Waals surface area (Å²) in [5.41, 5.74) is 0.999. The average Bonchev–Trinajstić information content (AvgIpc) is 2.59. The molecule has 1 unspecified atom stereocenters. The van der Waals surface area contributed by atoms with Crippen LogP contribution < -0.4 is 4.74 Å². The van der Waals surface area contributed by atoms with Gasteiger partial charge in [-0.05, 0) is 42.7 Å². The maximum atomic E-state index is 11.5. The van der Waals surface area contributed by atoms with Crippen molar-refractivity contribution in [3.8, 4) is 17.6 Å². The van der Waals surface area contributed by atoms with Gasteiger partial charge in [-0.15, -0.1) is 5.92 Å². The quantitative estimate of drug-likeness (QED) is 0.420. The SMILES string of the molecule is CC#C[C@@H](CC(=O)OC)c1ccc(OCCC(CC)CS)cc1. The van der Waals surface area contributed by atoms with E-state index in [0.717, 1.165) is 29.9 Å². The minimum absolute atomic E-state index is 0.143. The summed E-state index contributed by atoms with van der Waals surface area (Å²) in [6.45, 7) is 4.64. The number of rotatable bonds is 9. The van der Waals surface area contributed by atoms with Gasteiger partial charge in [0.15, 0.2) is 0 Å². The van der Waals surface area contributed by atoms with Crippen LogP contribution in [0.2, 0.25) is 0 Å². The molecular weight excluding hydrogens is 308 g/mol. The van der Waals surface area contributed by atoms with Crippen molar-refractivity contribution in [1.29, 1.82) is 0 Å². The van der Waals surface area contributed by atoms with E-state index in [1.165, 1.54) is 7.11 Å². The van der Waals surface area contributed by atoms with Crippen molar-refractivity contribution in [3.05, 3.63) is 29.8 Å². The summed E-state index contributed by atoms with van der Waals surface area (Å²) in [7, 11) is 1.39. The van der Waals surface area contributed by atoms with Crippen LogP contribution in [0.25, 0.3) is 0 Å². The van der Waals surface area contributed by atoms with Crippen LogP contribution in [0.5, 0.6) is 5.75 Å². The Labute approximate surface area is 145 Å². The lowest BCUT2D eigenvalue weighted by Gasteiger charge is -2.14. The number of thiol groups is 1. The lowest BCUT2D eigenvalue weighted by molar-refractivity contribution is -0.140. The lowest BCUT2D eigenvalue weighted by atomic mass is 9.96. The van der Waals surface area contributed by atoms with E-state index >= 15 is 0 Å². The number of hydrogen-bond acceptors (Lipinski definition) is 4. The minimum atomic E-state index is -0.254. The number of esters is 1. The van der Waals surface area contributed by atoms with Crippen molar-refractivity contribution < 1.29 is 14.3 Å². The van der Waals surface area contributed by atoms with Crippen LogP contribution in [0, 0.1) is 17.8 Å². The maximum absolute atomic E-state index is 11.5. The Morgan fingerprint density at radius 3 is 2.52 bits per heavy atom. The zero-order valence-corrected chi connectivity index (χ0v) is 15.1. The summed E-state index contributed by atoms with van der Waals surface area (Å²) in [6.07, 6.45) is 2.39. The van der Waals surface area contributed by atoms with Gasteiger partial charge >= 0.3 is 5.97 Å². The molecule has 0 saturated heterocycles. The highest BCUT2D eigenvalue weighted by Gasteiger charge is 2.14. The van der Waals surface area contributed by atoms with Crippen molar-refractivity contribution in [2.24, 2.45) is 5.92 Å². The fraction of sp³-hybridized carbons (Fsp3) is 0.526. The van der Waals surface area contributed by atoms with Gasteiger partial charge in [-0.1, -0.05) is 31.4 Å². The van der Waals surface area contributed by atoms with Crippen molar-refractivity contribution in [3.63, 3.8) is 0 Å². The predicted octanol–water partition coefficient (Wildman–Crippen LogP) is 4.08. The molecular formula is C19H26O3S. The van der Waals surface area contributed by atoms with E-state index in [2.05, 4.69) is 31.4 Å². The number of carbonyl (C=O) groups excluding carboxylic acids is 1. The van der Waals surface area contributed by atoms with Gasteiger partial charge in [0.1, 0.15) is 5.75 Å². The third-order valence-corrected chi connectivity index (χ3v) is 4.35. The minimum Gasteiger partial charge on any atom is -0.494 e. The molecule has 0 amide bonds. The van der Waals surface area contributed by atoms with Gasteiger partial charge in [0.2, 0.25) is 0 Å². The standard InChI is InChI=1S/C19H26O3S/c1-4-6-17(13-19(20)21-3)16-7-9-18(10-8-16)22-12-11-15(5-2)14-23/h7-10,15,17,23H,5,11-14H2,1-3H3/t15?,17-/m0/s1. The Kier molecular flexibility index (Phi) is 9.31. The average molecular weight is 334 g/mol. The molecule has 0 saturated carbocycles. The number of carbonyl (C=O) groups is 1. The Bertz CT molecular complexity index is 524. The molecule has 3 nitrogen and oxygen atoms in total. The van der Waals surface area contributed by atoms with Gasteiger partial charge in [0, 0.05) is 0 Å². The first kappa shape index (κ1) is 19.4. The molecule has 0 aliphatic rings. The van der Waals surface area contributed by atoms with E-state index in [1.54, 1.807) is 6.92 Å². The second-order valence-corrected chi connectivity index (χ2v) is 5.76. The van der Waals surface area contributed by atoms with E-state index in [-0.39, 0.29) is 18.3 Å². The number of ether oxygens (including phenoxy) is 2. The highest BCUT2D eigenvalue weighted by molar-refractivity contribution is 7.80. The van der Waals surface area contributed by atoms with Crippen LogP contribution in [0.3, 0.4) is 0 Å². The van der Waals surface area contributed by atoms with Gasteiger partial charge in [0.25, 0.3) is 0 Å². The Morgan fingerprint density at radius 2 is 2.00 bits per heavy atom. The molecule has 0 bridgehead atoms. The smallest absolute Gasteiger partial charge is 0.307 e. The molecule has 0 radical (unpaired) electrons. The summed E-state index contributed by atoms with van der Waals surface area (Å²) in [6, 6.07) is 7.78. The Balaban J connectivity index is 2.62. The molecule has 126 valence electrons. The Morgan fingerprint density at radius 1 is 1.30 bits per heavy atom. The van der Waals surface area contributed by atoms with Crippen LogP contribution in [0.15, 0.2) is 24.3 Å². The molecule has 23 heavy (non-hydrogen) atoms. The van der Waals surface area contributed by atoms with E-state index in [4.69, 9.17) is 9.47 Å². The van der Waals surface area contributed by atoms with Crippen LogP contribution in [0.1, 0.15) is 44.6 Å². The van der Waals surface area contributed by atoms with Crippen molar-refractivity contribution >= 4 is 18.6 Å². The second-order valence-electron chi connectivity index (χ2n) is 5.39. The first-order valence-corrected chi connectivity index (χ1v) is 8.60. The molecule has 0 heterocycles. The van der Waals surface area contributed by atoms with Gasteiger partial charge in [-0.3, -0.25) is 4.79 Å². The predicted molar refractivity (Wildman–Crippen MR) is 97.0 cm³/mol. The molecule has 0 aliphatic heterocycles. The van der Waals surface area contributed by atoms with E-state index in [9.17, 15) is 4.79 Å². The maximum Gasteiger partial charge on any atom is 0.307 e. The lowest BCUT2D eigenvalue weighted by Crippen LogP contribution is -2.08. The second kappa shape index (κ2) is 11.0. The molecule has 0 fully saturated rings. The zero-order valence-electron chi connectivity index (χ0n) is 14.2. The largest absolute Gasteiger partial charge is 0.494 e. The Hall–Kier alpha value is -1.60. The third-order valence-electron chi connectivity index (χ3n) is 3.83. The molecule has 0 N–H and O–H groups in total. The summed E-state index contributed by atoms with van der Waals surface area (Å²) in [5.74, 6) is 7.86.